The summed E-state index contributed by atoms with van der Waals surface area (Å²) in [6, 6.07) is -0.309. The van der Waals surface area contributed by atoms with Gasteiger partial charge in [0.05, 0.1) is 11.0 Å². The minimum Gasteiger partial charge on any atom is -0.392 e. The molecule has 1 amide bonds. The number of hydrogen-bond acceptors (Lipinski definition) is 3. The number of nitrogens with two attached hydrogens (primary N) is 2. The molecule has 0 rings (SSSR count). The zero-order valence-corrected chi connectivity index (χ0v) is 8.23. The molecule has 4 nitrogen and oxygen atoms in total. The fourth-order valence-electron chi connectivity index (χ4n) is 0.903. The molecule has 0 bridgehead atoms. The third-order valence-electron chi connectivity index (χ3n) is 1.72. The van der Waals surface area contributed by atoms with Crippen molar-refractivity contribution in [2.75, 3.05) is 13.1 Å². The van der Waals surface area contributed by atoms with Crippen molar-refractivity contribution in [1.82, 2.24) is 4.90 Å². The maximum atomic E-state index is 10.8. The van der Waals surface area contributed by atoms with Crippen LogP contribution < -0.4 is 11.5 Å². The van der Waals surface area contributed by atoms with Gasteiger partial charge in [0.2, 0.25) is 5.91 Å². The number of amides is 1. The largest absolute Gasteiger partial charge is 0.392 e. The Morgan fingerprint density at radius 3 is 2.33 bits per heavy atom. The maximum Gasteiger partial charge on any atom is 0.234 e. The molecule has 0 aliphatic carbocycles. The fraction of sp³-hybridized carbons (Fsp3) is 0.714. The Morgan fingerprint density at radius 2 is 2.08 bits per heavy atom. The van der Waals surface area contributed by atoms with Crippen molar-refractivity contribution in [3.8, 4) is 0 Å². The van der Waals surface area contributed by atoms with E-state index in [9.17, 15) is 4.79 Å². The third-order valence-corrected chi connectivity index (χ3v) is 1.85. The van der Waals surface area contributed by atoms with Crippen LogP contribution in [0.25, 0.3) is 0 Å². The van der Waals surface area contributed by atoms with Crippen LogP contribution in [0.15, 0.2) is 0 Å². The summed E-state index contributed by atoms with van der Waals surface area (Å²) in [5.41, 5.74) is 10.5. The highest BCUT2D eigenvalue weighted by Gasteiger charge is 2.17. The van der Waals surface area contributed by atoms with Crippen LogP contribution in [0.3, 0.4) is 0 Å². The first-order valence-electron chi connectivity index (χ1n) is 3.80. The predicted molar refractivity (Wildman–Crippen MR) is 52.7 cm³/mol. The van der Waals surface area contributed by atoms with E-state index in [4.69, 9.17) is 23.7 Å². The van der Waals surface area contributed by atoms with Crippen molar-refractivity contribution in [2.24, 2.45) is 11.5 Å². The van der Waals surface area contributed by atoms with Gasteiger partial charge in [-0.2, -0.15) is 0 Å². The molecule has 12 heavy (non-hydrogen) atoms. The van der Waals surface area contributed by atoms with Crippen LogP contribution in [0.5, 0.6) is 0 Å². The summed E-state index contributed by atoms with van der Waals surface area (Å²) in [7, 11) is 0. The number of thiocarbonyl (C=S) groups is 1. The summed E-state index contributed by atoms with van der Waals surface area (Å²) in [4.78, 5) is 13.0. The molecule has 0 heterocycles. The second-order valence-electron chi connectivity index (χ2n) is 2.61. The lowest BCUT2D eigenvalue weighted by Crippen LogP contribution is -2.45. The highest BCUT2D eigenvalue weighted by molar-refractivity contribution is 7.80. The quantitative estimate of drug-likeness (QED) is 0.570. The second kappa shape index (κ2) is 5.05. The molecule has 4 N–H and O–H groups in total. The highest BCUT2D eigenvalue weighted by Crippen LogP contribution is 1.96. The summed E-state index contributed by atoms with van der Waals surface area (Å²) in [5.74, 6) is -0.354. The molecular weight excluding hydrogens is 174 g/mol. The smallest absolute Gasteiger partial charge is 0.234 e. The maximum absolute atomic E-state index is 10.8. The minimum atomic E-state index is -0.354. The zero-order valence-electron chi connectivity index (χ0n) is 7.41. The Balaban J connectivity index is 4.14. The number of nitrogens with zero attached hydrogens (tertiary/aromatic N) is 1. The monoisotopic (exact) mass is 189 g/mol. The van der Waals surface area contributed by atoms with Gasteiger partial charge in [-0.1, -0.05) is 19.1 Å². The van der Waals surface area contributed by atoms with Gasteiger partial charge in [0.15, 0.2) is 0 Å². The lowest BCUT2D eigenvalue weighted by molar-refractivity contribution is -0.122. The van der Waals surface area contributed by atoms with Gasteiger partial charge in [0, 0.05) is 6.54 Å². The first-order chi connectivity index (χ1) is 5.49. The number of likely N-dealkylation sites (N-methyl/N-ethyl adjacent to an activating group) is 1. The van der Waals surface area contributed by atoms with E-state index in [0.29, 0.717) is 18.1 Å². The average Bonchev–Trinajstić information content (AvgIpc) is 1.98. The molecular formula is C7H15N3OS. The van der Waals surface area contributed by atoms with Crippen LogP contribution in [0.1, 0.15) is 13.8 Å². The standard InChI is InChI=1S/C7H15N3OS/c1-3-10(4-6(8)12)5(2)7(9)11/h5H,3-4H2,1-2H3,(H2,8,12)(H2,9,11). The van der Waals surface area contributed by atoms with Crippen molar-refractivity contribution >= 4 is 23.1 Å². The van der Waals surface area contributed by atoms with Gasteiger partial charge in [0.1, 0.15) is 0 Å². The van der Waals surface area contributed by atoms with Crippen molar-refractivity contribution < 1.29 is 4.79 Å². The van der Waals surface area contributed by atoms with Gasteiger partial charge in [-0.3, -0.25) is 9.69 Å². The topological polar surface area (TPSA) is 72.3 Å². The summed E-state index contributed by atoms with van der Waals surface area (Å²) >= 11 is 4.73. The lowest BCUT2D eigenvalue weighted by atomic mass is 10.2. The van der Waals surface area contributed by atoms with Crippen molar-refractivity contribution in [3.63, 3.8) is 0 Å². The Kier molecular flexibility index (Phi) is 4.77. The minimum absolute atomic E-state index is 0.309. The molecule has 1 unspecified atom stereocenters. The average molecular weight is 189 g/mol. The molecule has 5 heteroatoms. The fourth-order valence-corrected chi connectivity index (χ4v) is 1.07. The SMILES string of the molecule is CCN(CC(N)=S)C(C)C(N)=O. The number of hydrogen-bond donors (Lipinski definition) is 2. The van der Waals surface area contributed by atoms with Gasteiger partial charge in [-0.05, 0) is 13.5 Å². The van der Waals surface area contributed by atoms with E-state index in [1.54, 1.807) is 6.92 Å². The molecule has 0 saturated heterocycles. The molecule has 0 aromatic rings. The molecule has 0 aliphatic rings. The normalized spacial score (nSPS) is 12.9. The first kappa shape index (κ1) is 11.3. The molecule has 1 atom stereocenters. The highest BCUT2D eigenvalue weighted by atomic mass is 32.1. The van der Waals surface area contributed by atoms with Gasteiger partial charge >= 0.3 is 0 Å². The lowest BCUT2D eigenvalue weighted by Gasteiger charge is -2.24. The summed E-state index contributed by atoms with van der Waals surface area (Å²) in [6.45, 7) is 4.82. The van der Waals surface area contributed by atoms with E-state index in [0.717, 1.165) is 0 Å². The summed E-state index contributed by atoms with van der Waals surface area (Å²) in [5, 5.41) is 0. The predicted octanol–water partition coefficient (Wildman–Crippen LogP) is -0.532. The van der Waals surface area contributed by atoms with E-state index in [1.807, 2.05) is 11.8 Å². The molecule has 0 aromatic heterocycles. The summed E-state index contributed by atoms with van der Waals surface area (Å²) < 4.78 is 0. The Labute approximate surface area is 77.9 Å². The second-order valence-corrected chi connectivity index (χ2v) is 3.13. The summed E-state index contributed by atoms with van der Waals surface area (Å²) in [6.07, 6.45) is 0. The molecule has 0 fully saturated rings. The molecule has 70 valence electrons. The van der Waals surface area contributed by atoms with Crippen LogP contribution >= 0.6 is 12.2 Å². The number of carbonyl (C=O) groups excluding carboxylic acids is 1. The Morgan fingerprint density at radius 1 is 1.58 bits per heavy atom. The van der Waals surface area contributed by atoms with Gasteiger partial charge < -0.3 is 11.5 Å². The van der Waals surface area contributed by atoms with Gasteiger partial charge in [-0.25, -0.2) is 0 Å². The van der Waals surface area contributed by atoms with Crippen molar-refractivity contribution in [1.29, 1.82) is 0 Å². The molecule has 0 radical (unpaired) electrons. The van der Waals surface area contributed by atoms with Gasteiger partial charge in [-0.15, -0.1) is 0 Å². The number of carbonyl (C=O) groups is 1. The van der Waals surface area contributed by atoms with Crippen LogP contribution in [-0.2, 0) is 4.79 Å². The van der Waals surface area contributed by atoms with Crippen LogP contribution in [-0.4, -0.2) is 34.9 Å². The number of rotatable bonds is 5. The molecule has 0 saturated carbocycles. The Hall–Kier alpha value is -0.680. The van der Waals surface area contributed by atoms with Crippen LogP contribution in [0.4, 0.5) is 0 Å². The van der Waals surface area contributed by atoms with Gasteiger partial charge in [0.25, 0.3) is 0 Å². The van der Waals surface area contributed by atoms with E-state index in [-0.39, 0.29) is 11.9 Å². The van der Waals surface area contributed by atoms with E-state index in [2.05, 4.69) is 0 Å². The zero-order chi connectivity index (χ0) is 9.72. The van der Waals surface area contributed by atoms with E-state index < -0.39 is 0 Å². The molecule has 0 aliphatic heterocycles. The molecule has 0 spiro atoms. The van der Waals surface area contributed by atoms with Crippen LogP contribution in [0, 0.1) is 0 Å². The van der Waals surface area contributed by atoms with Crippen molar-refractivity contribution in [3.05, 3.63) is 0 Å². The third kappa shape index (κ3) is 3.64. The first-order valence-corrected chi connectivity index (χ1v) is 4.21. The van der Waals surface area contributed by atoms with Crippen LogP contribution in [0.2, 0.25) is 0 Å². The molecule has 0 aromatic carbocycles. The Bertz CT molecular complexity index is 183. The van der Waals surface area contributed by atoms with E-state index >= 15 is 0 Å². The van der Waals surface area contributed by atoms with Crippen molar-refractivity contribution in [2.45, 2.75) is 19.9 Å². The van der Waals surface area contributed by atoms with E-state index in [1.165, 1.54) is 0 Å². The number of primary amides is 1.